The molecule has 0 bridgehead atoms. The number of allylic oxidation sites excluding steroid dienone is 2. The molecule has 2 aliphatic carbocycles. The molecule has 0 N–H and O–H groups in total. The van der Waals surface area contributed by atoms with Crippen LogP contribution >= 0.6 is 22.2 Å². The molecule has 0 nitrogen and oxygen atoms in total. The molecule has 0 fully saturated rings. The van der Waals surface area contributed by atoms with Crippen molar-refractivity contribution in [1.82, 2.24) is 0 Å². The van der Waals surface area contributed by atoms with Gasteiger partial charge < -0.3 is 0 Å². The summed E-state index contributed by atoms with van der Waals surface area (Å²) in [5, 5.41) is 0. The van der Waals surface area contributed by atoms with Crippen LogP contribution in [0.1, 0.15) is 29.6 Å². The van der Waals surface area contributed by atoms with Gasteiger partial charge in [-0.25, -0.2) is 0 Å². The maximum Gasteiger partial charge on any atom is 0.245 e. The first-order valence-electron chi connectivity index (χ1n) is 8.10. The minimum absolute atomic E-state index is 0.761. The maximum atomic E-state index is 5.43. The van der Waals surface area contributed by atoms with Gasteiger partial charge in [-0.2, -0.15) is 0 Å². The maximum absolute atomic E-state index is 5.43. The minimum atomic E-state index is -1.67. The fourth-order valence-corrected chi connectivity index (χ4v) is 9.04. The number of rotatable bonds is 2. The smallest absolute Gasteiger partial charge is 0.146 e. The van der Waals surface area contributed by atoms with Gasteiger partial charge in [-0.1, -0.05) is 0 Å². The molecule has 2 atom stereocenters. The van der Waals surface area contributed by atoms with Gasteiger partial charge in [0.2, 0.25) is 6.69 Å². The van der Waals surface area contributed by atoms with Crippen LogP contribution in [0.4, 0.5) is 0 Å². The summed E-state index contributed by atoms with van der Waals surface area (Å²) in [5.74, 6) is 0. The molecular formula is C20H20Cl2HfSi. The SMILES string of the molecule is C1=C[CH]([Hf][CH]2C=Cc3ccccc32)c2ccccc21.C[Si](C)(Cl)Cl. The Hall–Kier alpha value is -0.413. The third kappa shape index (κ3) is 4.82. The van der Waals surface area contributed by atoms with Gasteiger partial charge in [0.05, 0.1) is 0 Å². The molecule has 122 valence electrons. The van der Waals surface area contributed by atoms with Gasteiger partial charge in [0.15, 0.2) is 0 Å². The van der Waals surface area contributed by atoms with Crippen LogP contribution in [0.5, 0.6) is 0 Å². The van der Waals surface area contributed by atoms with E-state index in [0.717, 1.165) is 7.35 Å². The Bertz CT molecular complexity index is 712. The fraction of sp³-hybridized carbons (Fsp3) is 0.200. The van der Waals surface area contributed by atoms with Crippen LogP contribution in [0, 0.1) is 0 Å². The van der Waals surface area contributed by atoms with E-state index < -0.39 is 29.6 Å². The van der Waals surface area contributed by atoms with Crippen molar-refractivity contribution in [2.24, 2.45) is 0 Å². The van der Waals surface area contributed by atoms with Crippen LogP contribution in [0.3, 0.4) is 0 Å². The van der Waals surface area contributed by atoms with Crippen molar-refractivity contribution in [2.75, 3.05) is 0 Å². The Balaban J connectivity index is 0.000000300. The predicted octanol–water partition coefficient (Wildman–Crippen LogP) is 6.77. The molecule has 0 radical (unpaired) electrons. The Kier molecular flexibility index (Phi) is 6.02. The largest absolute Gasteiger partial charge is 0.245 e. The molecule has 4 rings (SSSR count). The number of halogens is 2. The van der Waals surface area contributed by atoms with Crippen molar-refractivity contribution >= 4 is 41.0 Å². The van der Waals surface area contributed by atoms with Crippen LogP contribution in [0.15, 0.2) is 60.7 Å². The average molecular weight is 538 g/mol. The molecule has 0 saturated carbocycles. The zero-order valence-corrected chi connectivity index (χ0v) is 19.9. The molecular weight excluding hydrogens is 518 g/mol. The van der Waals surface area contributed by atoms with Crippen molar-refractivity contribution in [3.05, 3.63) is 82.9 Å². The van der Waals surface area contributed by atoms with Gasteiger partial charge in [-0.15, -0.1) is 22.2 Å². The second kappa shape index (κ2) is 7.86. The summed E-state index contributed by atoms with van der Waals surface area (Å²) in [5.41, 5.74) is 6.03. The molecule has 2 aliphatic rings. The van der Waals surface area contributed by atoms with Crippen LogP contribution < -0.4 is 0 Å². The Morgan fingerprint density at radius 2 is 1.12 bits per heavy atom. The van der Waals surface area contributed by atoms with Crippen molar-refractivity contribution in [1.29, 1.82) is 0 Å². The molecule has 0 heterocycles. The molecule has 0 amide bonds. The van der Waals surface area contributed by atoms with Gasteiger partial charge in [0, 0.05) is 0 Å². The molecule has 2 aromatic rings. The Morgan fingerprint density at radius 3 is 1.54 bits per heavy atom. The van der Waals surface area contributed by atoms with Gasteiger partial charge in [-0.05, 0) is 13.1 Å². The van der Waals surface area contributed by atoms with E-state index in [1.807, 2.05) is 13.1 Å². The van der Waals surface area contributed by atoms with Crippen LogP contribution in [0.25, 0.3) is 12.2 Å². The first-order chi connectivity index (χ1) is 11.4. The van der Waals surface area contributed by atoms with E-state index in [2.05, 4.69) is 72.8 Å². The number of fused-ring (bicyclic) bond motifs is 2. The topological polar surface area (TPSA) is 0 Å². The molecule has 0 aromatic heterocycles. The summed E-state index contributed by atoms with van der Waals surface area (Å²) in [4.78, 5) is 0. The second-order valence-electron chi connectivity index (χ2n) is 6.43. The van der Waals surface area contributed by atoms with Crippen molar-refractivity contribution in [3.63, 3.8) is 0 Å². The van der Waals surface area contributed by atoms with E-state index in [1.54, 1.807) is 11.1 Å². The zero-order chi connectivity index (χ0) is 17.2. The van der Waals surface area contributed by atoms with E-state index in [4.69, 9.17) is 22.2 Å². The first kappa shape index (κ1) is 18.4. The van der Waals surface area contributed by atoms with E-state index in [1.165, 1.54) is 11.1 Å². The normalized spacial score (nSPS) is 20.2. The summed E-state index contributed by atoms with van der Waals surface area (Å²) in [6.07, 6.45) is 9.53. The van der Waals surface area contributed by atoms with E-state index >= 15 is 0 Å². The average Bonchev–Trinajstić information content (AvgIpc) is 3.12. The number of benzene rings is 2. The van der Waals surface area contributed by atoms with Crippen molar-refractivity contribution < 1.29 is 22.9 Å². The van der Waals surface area contributed by atoms with Crippen LogP contribution in [0.2, 0.25) is 13.1 Å². The quantitative estimate of drug-likeness (QED) is 0.293. The molecule has 0 spiro atoms. The van der Waals surface area contributed by atoms with Crippen LogP contribution in [-0.2, 0) is 22.9 Å². The summed E-state index contributed by atoms with van der Waals surface area (Å²) >= 11 is 10.1. The molecule has 24 heavy (non-hydrogen) atoms. The fourth-order valence-electron chi connectivity index (χ4n) is 2.98. The van der Waals surface area contributed by atoms with Gasteiger partial charge in [0.1, 0.15) is 0 Å². The molecule has 2 aromatic carbocycles. The molecule has 4 heteroatoms. The van der Waals surface area contributed by atoms with Crippen molar-refractivity contribution in [3.8, 4) is 0 Å². The zero-order valence-electron chi connectivity index (χ0n) is 13.8. The van der Waals surface area contributed by atoms with Crippen molar-refractivity contribution in [2.45, 2.75) is 20.4 Å². The molecule has 0 saturated heterocycles. The van der Waals surface area contributed by atoms with Crippen LogP contribution in [-0.4, -0.2) is 6.69 Å². The van der Waals surface area contributed by atoms with E-state index in [9.17, 15) is 0 Å². The summed E-state index contributed by atoms with van der Waals surface area (Å²) in [6.45, 7) is 2.05. The Morgan fingerprint density at radius 1 is 0.750 bits per heavy atom. The van der Waals surface area contributed by atoms with Gasteiger partial charge in [-0.3, -0.25) is 0 Å². The number of hydrogen-bond donors (Lipinski definition) is 0. The minimum Gasteiger partial charge on any atom is -0.146 e. The monoisotopic (exact) mass is 538 g/mol. The van der Waals surface area contributed by atoms with Gasteiger partial charge in [0.25, 0.3) is 0 Å². The predicted molar refractivity (Wildman–Crippen MR) is 106 cm³/mol. The van der Waals surface area contributed by atoms with E-state index in [0.29, 0.717) is 0 Å². The van der Waals surface area contributed by atoms with Gasteiger partial charge >= 0.3 is 125 Å². The Labute approximate surface area is 166 Å². The first-order valence-corrected chi connectivity index (χ1v) is 17.3. The second-order valence-corrected chi connectivity index (χ2v) is 21.0. The summed E-state index contributed by atoms with van der Waals surface area (Å²) < 4.78 is 1.52. The number of hydrogen-bond acceptors (Lipinski definition) is 0. The molecule has 0 aliphatic heterocycles. The molecule has 2 unspecified atom stereocenters. The summed E-state index contributed by atoms with van der Waals surface area (Å²) in [6, 6.07) is 17.8. The standard InChI is InChI=1S/2C9H7.C2H6Cl2Si.Hf/c2*1-2-5-9-7-3-6-8(9)4-1;1-5(2,3)4;/h2*1-7H;1-2H3;. The summed E-state index contributed by atoms with van der Waals surface area (Å²) in [7, 11) is 0. The third-order valence-electron chi connectivity index (χ3n) is 3.96. The third-order valence-corrected chi connectivity index (χ3v) is 10.2. The van der Waals surface area contributed by atoms with E-state index in [-0.39, 0.29) is 0 Å².